The second kappa shape index (κ2) is 7.97. The van der Waals surface area contributed by atoms with Crippen LogP contribution < -0.4 is 0 Å². The van der Waals surface area contributed by atoms with E-state index in [-0.39, 0.29) is 17.9 Å². The van der Waals surface area contributed by atoms with Crippen molar-refractivity contribution in [3.05, 3.63) is 35.9 Å². The average Bonchev–Trinajstić information content (AvgIpc) is 2.88. The van der Waals surface area contributed by atoms with Gasteiger partial charge in [0.2, 0.25) is 5.91 Å². The SMILES string of the molecule is CCCCC[C@H](C)C(=O)N1C(=O)OC[C@@H]1Cc1ccccc1. The molecule has 0 radical (unpaired) electrons. The Morgan fingerprint density at radius 2 is 2.05 bits per heavy atom. The van der Waals surface area contributed by atoms with Crippen LogP contribution in [0.1, 0.15) is 45.1 Å². The predicted molar refractivity (Wildman–Crippen MR) is 85.4 cm³/mol. The fourth-order valence-electron chi connectivity index (χ4n) is 2.83. The molecule has 120 valence electrons. The van der Waals surface area contributed by atoms with Gasteiger partial charge >= 0.3 is 6.09 Å². The van der Waals surface area contributed by atoms with Gasteiger partial charge in [-0.2, -0.15) is 0 Å². The van der Waals surface area contributed by atoms with Gasteiger partial charge in [-0.15, -0.1) is 0 Å². The topological polar surface area (TPSA) is 46.6 Å². The van der Waals surface area contributed by atoms with Gasteiger partial charge in [-0.3, -0.25) is 4.79 Å². The van der Waals surface area contributed by atoms with E-state index in [1.807, 2.05) is 37.3 Å². The Morgan fingerprint density at radius 1 is 1.32 bits per heavy atom. The van der Waals surface area contributed by atoms with Crippen molar-refractivity contribution >= 4 is 12.0 Å². The smallest absolute Gasteiger partial charge is 0.416 e. The van der Waals surface area contributed by atoms with Crippen LogP contribution in [0.3, 0.4) is 0 Å². The second-order valence-corrected chi connectivity index (χ2v) is 6.03. The molecule has 0 spiro atoms. The standard InChI is InChI=1S/C18H25NO3/c1-3-4-6-9-14(2)17(20)19-16(13-22-18(19)21)12-15-10-7-5-8-11-15/h5,7-8,10-11,14,16H,3-4,6,9,12-13H2,1-2H3/t14-,16-/m0/s1. The van der Waals surface area contributed by atoms with Crippen LogP contribution >= 0.6 is 0 Å². The van der Waals surface area contributed by atoms with Crippen LogP contribution in [-0.4, -0.2) is 29.5 Å². The first-order chi connectivity index (χ1) is 10.6. The molecular formula is C18H25NO3. The molecule has 2 amide bonds. The Labute approximate surface area is 132 Å². The average molecular weight is 303 g/mol. The van der Waals surface area contributed by atoms with E-state index in [1.165, 1.54) is 4.90 Å². The Hall–Kier alpha value is -1.84. The van der Waals surface area contributed by atoms with E-state index in [4.69, 9.17) is 4.74 Å². The van der Waals surface area contributed by atoms with Crippen molar-refractivity contribution in [3.8, 4) is 0 Å². The third kappa shape index (κ3) is 4.09. The summed E-state index contributed by atoms with van der Waals surface area (Å²) in [4.78, 5) is 25.8. The first-order valence-electron chi connectivity index (χ1n) is 8.17. The minimum Gasteiger partial charge on any atom is -0.447 e. The van der Waals surface area contributed by atoms with Gasteiger partial charge in [-0.1, -0.05) is 63.4 Å². The third-order valence-corrected chi connectivity index (χ3v) is 4.17. The van der Waals surface area contributed by atoms with E-state index in [0.717, 1.165) is 31.2 Å². The minimum atomic E-state index is -0.492. The molecule has 0 bridgehead atoms. The van der Waals surface area contributed by atoms with Crippen LogP contribution in [0.5, 0.6) is 0 Å². The van der Waals surface area contributed by atoms with Crippen LogP contribution in [0.25, 0.3) is 0 Å². The van der Waals surface area contributed by atoms with E-state index < -0.39 is 6.09 Å². The molecule has 1 aliphatic rings. The van der Waals surface area contributed by atoms with Crippen molar-refractivity contribution in [2.75, 3.05) is 6.61 Å². The number of hydrogen-bond acceptors (Lipinski definition) is 3. The van der Waals surface area contributed by atoms with Crippen molar-refractivity contribution in [1.82, 2.24) is 4.90 Å². The first kappa shape index (κ1) is 16.5. The summed E-state index contributed by atoms with van der Waals surface area (Å²) in [6.45, 7) is 4.34. The molecule has 0 saturated carbocycles. The monoisotopic (exact) mass is 303 g/mol. The van der Waals surface area contributed by atoms with Gasteiger partial charge in [0.05, 0.1) is 6.04 Å². The highest BCUT2D eigenvalue weighted by Gasteiger charge is 2.39. The number of benzene rings is 1. The lowest BCUT2D eigenvalue weighted by Crippen LogP contribution is -2.43. The number of imide groups is 1. The summed E-state index contributed by atoms with van der Waals surface area (Å²) in [5.74, 6) is -0.227. The number of cyclic esters (lactones) is 1. The van der Waals surface area contributed by atoms with Crippen molar-refractivity contribution in [2.24, 2.45) is 5.92 Å². The summed E-state index contributed by atoms with van der Waals surface area (Å²) in [5.41, 5.74) is 1.11. The van der Waals surface area contributed by atoms with Crippen LogP contribution in [0, 0.1) is 5.92 Å². The van der Waals surface area contributed by atoms with Crippen LogP contribution in [-0.2, 0) is 16.0 Å². The fraction of sp³-hybridized carbons (Fsp3) is 0.556. The number of unbranched alkanes of at least 4 members (excludes halogenated alkanes) is 2. The molecule has 1 aromatic rings. The van der Waals surface area contributed by atoms with E-state index in [1.54, 1.807) is 0 Å². The molecule has 0 aromatic heterocycles. The first-order valence-corrected chi connectivity index (χ1v) is 8.17. The molecule has 1 heterocycles. The van der Waals surface area contributed by atoms with Crippen molar-refractivity contribution < 1.29 is 14.3 Å². The lowest BCUT2D eigenvalue weighted by atomic mass is 10.00. The van der Waals surface area contributed by atoms with Crippen molar-refractivity contribution in [3.63, 3.8) is 0 Å². The van der Waals surface area contributed by atoms with Gasteiger partial charge in [-0.05, 0) is 18.4 Å². The molecule has 22 heavy (non-hydrogen) atoms. The quantitative estimate of drug-likeness (QED) is 0.720. The normalized spacial score (nSPS) is 19.1. The number of carbonyl (C=O) groups is 2. The number of ether oxygens (including phenoxy) is 1. The van der Waals surface area contributed by atoms with Crippen molar-refractivity contribution in [2.45, 2.75) is 52.0 Å². The summed E-state index contributed by atoms with van der Waals surface area (Å²) < 4.78 is 5.11. The Morgan fingerprint density at radius 3 is 2.73 bits per heavy atom. The zero-order valence-corrected chi connectivity index (χ0v) is 13.5. The molecule has 1 aromatic carbocycles. The molecule has 2 rings (SSSR count). The molecule has 0 unspecified atom stereocenters. The molecule has 1 fully saturated rings. The highest BCUT2D eigenvalue weighted by molar-refractivity contribution is 5.94. The van der Waals surface area contributed by atoms with Gasteiger partial charge in [0.25, 0.3) is 0 Å². The summed E-state index contributed by atoms with van der Waals surface area (Å²) >= 11 is 0. The summed E-state index contributed by atoms with van der Waals surface area (Å²) in [7, 11) is 0. The fourth-order valence-corrected chi connectivity index (χ4v) is 2.83. The lowest BCUT2D eigenvalue weighted by molar-refractivity contribution is -0.133. The molecule has 1 saturated heterocycles. The van der Waals surface area contributed by atoms with Gasteiger partial charge in [0.1, 0.15) is 6.61 Å². The molecule has 4 nitrogen and oxygen atoms in total. The Bertz CT molecular complexity index is 500. The number of nitrogens with zero attached hydrogens (tertiary/aromatic N) is 1. The zero-order valence-electron chi connectivity index (χ0n) is 13.5. The van der Waals surface area contributed by atoms with Crippen LogP contribution in [0.2, 0.25) is 0 Å². The van der Waals surface area contributed by atoms with Crippen molar-refractivity contribution in [1.29, 1.82) is 0 Å². The highest BCUT2D eigenvalue weighted by atomic mass is 16.6. The number of amides is 2. The van der Waals surface area contributed by atoms with Crippen LogP contribution in [0.4, 0.5) is 4.79 Å². The van der Waals surface area contributed by atoms with E-state index >= 15 is 0 Å². The molecule has 2 atom stereocenters. The van der Waals surface area contributed by atoms with E-state index in [0.29, 0.717) is 13.0 Å². The Kier molecular flexibility index (Phi) is 5.99. The number of carbonyl (C=O) groups excluding carboxylic acids is 2. The van der Waals surface area contributed by atoms with Gasteiger partial charge in [0, 0.05) is 5.92 Å². The predicted octanol–water partition coefficient (Wildman–Crippen LogP) is 3.79. The van der Waals surface area contributed by atoms with Gasteiger partial charge in [-0.25, -0.2) is 9.69 Å². The number of rotatable bonds is 7. The third-order valence-electron chi connectivity index (χ3n) is 4.17. The van der Waals surface area contributed by atoms with E-state index in [9.17, 15) is 9.59 Å². The summed E-state index contributed by atoms with van der Waals surface area (Å²) in [6.07, 6.45) is 4.26. The zero-order chi connectivity index (χ0) is 15.9. The number of hydrogen-bond donors (Lipinski definition) is 0. The van der Waals surface area contributed by atoms with Crippen LogP contribution in [0.15, 0.2) is 30.3 Å². The minimum absolute atomic E-state index is 0.0977. The molecule has 1 aliphatic heterocycles. The molecule has 4 heteroatoms. The molecular weight excluding hydrogens is 278 g/mol. The van der Waals surface area contributed by atoms with Gasteiger partial charge in [0.15, 0.2) is 0 Å². The summed E-state index contributed by atoms with van der Waals surface area (Å²) in [6, 6.07) is 9.72. The van der Waals surface area contributed by atoms with Gasteiger partial charge < -0.3 is 4.74 Å². The lowest BCUT2D eigenvalue weighted by Gasteiger charge is -2.23. The molecule has 0 aliphatic carbocycles. The Balaban J connectivity index is 1.99. The maximum Gasteiger partial charge on any atom is 0.416 e. The highest BCUT2D eigenvalue weighted by Crippen LogP contribution is 2.22. The maximum atomic E-state index is 12.6. The summed E-state index contributed by atoms with van der Waals surface area (Å²) in [5, 5.41) is 0. The second-order valence-electron chi connectivity index (χ2n) is 6.03. The largest absolute Gasteiger partial charge is 0.447 e. The molecule has 0 N–H and O–H groups in total. The van der Waals surface area contributed by atoms with E-state index in [2.05, 4.69) is 6.92 Å². The maximum absolute atomic E-state index is 12.6.